The number of ether oxygens (including phenoxy) is 2. The zero-order valence-electron chi connectivity index (χ0n) is 9.67. The first-order chi connectivity index (χ1) is 8.27. The molecule has 92 valence electrons. The van der Waals surface area contributed by atoms with Crippen molar-refractivity contribution in [3.05, 3.63) is 35.9 Å². The lowest BCUT2D eigenvalue weighted by molar-refractivity contribution is -0.120. The molecular weight excluding hydrogens is 218 g/mol. The van der Waals surface area contributed by atoms with Gasteiger partial charge in [0.2, 0.25) is 5.91 Å². The van der Waals surface area contributed by atoms with Crippen molar-refractivity contribution >= 4 is 5.91 Å². The van der Waals surface area contributed by atoms with E-state index in [1.54, 1.807) is 0 Å². The van der Waals surface area contributed by atoms with E-state index in [1.165, 1.54) is 0 Å². The molecule has 17 heavy (non-hydrogen) atoms. The lowest BCUT2D eigenvalue weighted by Gasteiger charge is -2.15. The van der Waals surface area contributed by atoms with Crippen LogP contribution < -0.4 is 5.73 Å². The van der Waals surface area contributed by atoms with Gasteiger partial charge in [-0.05, 0) is 18.4 Å². The molecule has 2 rings (SSSR count). The summed E-state index contributed by atoms with van der Waals surface area (Å²) in [5.74, 6) is -0.557. The van der Waals surface area contributed by atoms with Gasteiger partial charge in [-0.1, -0.05) is 30.3 Å². The van der Waals surface area contributed by atoms with E-state index in [2.05, 4.69) is 0 Å². The fraction of sp³-hybridized carbons (Fsp3) is 0.462. The molecular formula is C13H17NO3. The van der Waals surface area contributed by atoms with Gasteiger partial charge < -0.3 is 15.2 Å². The number of rotatable bonds is 5. The maximum Gasteiger partial charge on any atom is 0.224 e. The summed E-state index contributed by atoms with van der Waals surface area (Å²) in [7, 11) is 0. The van der Waals surface area contributed by atoms with E-state index in [0.29, 0.717) is 26.1 Å². The monoisotopic (exact) mass is 235 g/mol. The van der Waals surface area contributed by atoms with Crippen molar-refractivity contribution in [3.63, 3.8) is 0 Å². The predicted octanol–water partition coefficient (Wildman–Crippen LogP) is 1.41. The Bertz CT molecular complexity index is 360. The molecule has 1 amide bonds. The Kier molecular flexibility index (Phi) is 4.12. The molecule has 1 aromatic carbocycles. The maximum absolute atomic E-state index is 11.4. The number of primary amides is 1. The molecule has 0 spiro atoms. The van der Waals surface area contributed by atoms with Crippen LogP contribution in [0.4, 0.5) is 0 Å². The van der Waals surface area contributed by atoms with Crippen LogP contribution >= 0.6 is 0 Å². The van der Waals surface area contributed by atoms with Crippen molar-refractivity contribution in [2.24, 2.45) is 5.73 Å². The molecule has 0 saturated carbocycles. The van der Waals surface area contributed by atoms with E-state index in [-0.39, 0.29) is 18.1 Å². The van der Waals surface area contributed by atoms with Crippen LogP contribution in [0.5, 0.6) is 0 Å². The zero-order chi connectivity index (χ0) is 12.1. The van der Waals surface area contributed by atoms with Gasteiger partial charge in [-0.3, -0.25) is 4.79 Å². The molecule has 4 heteroatoms. The van der Waals surface area contributed by atoms with Crippen molar-refractivity contribution in [2.45, 2.75) is 25.0 Å². The number of carbonyl (C=O) groups excluding carboxylic acids is 1. The normalized spacial score (nSPS) is 18.1. The second-order valence-corrected chi connectivity index (χ2v) is 4.11. The summed E-state index contributed by atoms with van der Waals surface area (Å²) in [5.41, 5.74) is 6.39. The standard InChI is InChI=1S/C13H17NO3/c14-13(15)11(10-4-2-1-3-5-10)6-7-12-16-8-9-17-12/h1-5,11-12H,6-9H2,(H2,14,15). The second kappa shape index (κ2) is 5.80. The second-order valence-electron chi connectivity index (χ2n) is 4.11. The van der Waals surface area contributed by atoms with E-state index in [4.69, 9.17) is 15.2 Å². The van der Waals surface area contributed by atoms with E-state index in [9.17, 15) is 4.79 Å². The highest BCUT2D eigenvalue weighted by Crippen LogP contribution is 2.23. The zero-order valence-corrected chi connectivity index (χ0v) is 9.67. The Hall–Kier alpha value is -1.39. The number of amides is 1. The Morgan fingerprint density at radius 2 is 1.94 bits per heavy atom. The van der Waals surface area contributed by atoms with Crippen LogP contribution in [0.2, 0.25) is 0 Å². The first kappa shape index (κ1) is 12.1. The first-order valence-corrected chi connectivity index (χ1v) is 5.85. The highest BCUT2D eigenvalue weighted by Gasteiger charge is 2.22. The van der Waals surface area contributed by atoms with E-state index in [0.717, 1.165) is 5.56 Å². The van der Waals surface area contributed by atoms with E-state index < -0.39 is 0 Å². The topological polar surface area (TPSA) is 61.6 Å². The van der Waals surface area contributed by atoms with Crippen LogP contribution in [0.15, 0.2) is 30.3 Å². The quantitative estimate of drug-likeness (QED) is 0.839. The summed E-state index contributed by atoms with van der Waals surface area (Å²) in [4.78, 5) is 11.4. The number of hydrogen-bond acceptors (Lipinski definition) is 3. The molecule has 1 heterocycles. The Labute approximate surface area is 101 Å². The number of carbonyl (C=O) groups is 1. The fourth-order valence-electron chi connectivity index (χ4n) is 2.04. The van der Waals surface area contributed by atoms with E-state index >= 15 is 0 Å². The minimum Gasteiger partial charge on any atom is -0.369 e. The van der Waals surface area contributed by atoms with Gasteiger partial charge in [-0.25, -0.2) is 0 Å². The van der Waals surface area contributed by atoms with Gasteiger partial charge in [-0.15, -0.1) is 0 Å². The minimum absolute atomic E-state index is 0.180. The molecule has 0 aromatic heterocycles. The van der Waals surface area contributed by atoms with Crippen LogP contribution in [-0.2, 0) is 14.3 Å². The third kappa shape index (κ3) is 3.28. The lowest BCUT2D eigenvalue weighted by atomic mass is 9.93. The maximum atomic E-state index is 11.4. The lowest BCUT2D eigenvalue weighted by Crippen LogP contribution is -2.23. The molecule has 1 fully saturated rings. The van der Waals surface area contributed by atoms with Crippen molar-refractivity contribution < 1.29 is 14.3 Å². The van der Waals surface area contributed by atoms with Gasteiger partial charge in [0, 0.05) is 0 Å². The fourth-order valence-corrected chi connectivity index (χ4v) is 2.04. The highest BCUT2D eigenvalue weighted by atomic mass is 16.7. The van der Waals surface area contributed by atoms with E-state index in [1.807, 2.05) is 30.3 Å². The molecule has 1 saturated heterocycles. The Morgan fingerprint density at radius 3 is 2.53 bits per heavy atom. The van der Waals surface area contributed by atoms with Gasteiger partial charge in [0.15, 0.2) is 6.29 Å². The Balaban J connectivity index is 1.95. The minimum atomic E-state index is -0.297. The smallest absolute Gasteiger partial charge is 0.224 e. The van der Waals surface area contributed by atoms with Crippen LogP contribution in [0.1, 0.15) is 24.3 Å². The van der Waals surface area contributed by atoms with Gasteiger partial charge in [-0.2, -0.15) is 0 Å². The molecule has 0 bridgehead atoms. The summed E-state index contributed by atoms with van der Waals surface area (Å²) in [6.07, 6.45) is 1.17. The summed E-state index contributed by atoms with van der Waals surface area (Å²) in [6.45, 7) is 1.27. The molecule has 1 aliphatic heterocycles. The molecule has 1 atom stereocenters. The third-order valence-electron chi connectivity index (χ3n) is 2.93. The summed E-state index contributed by atoms with van der Waals surface area (Å²) in [5, 5.41) is 0. The summed E-state index contributed by atoms with van der Waals surface area (Å²) >= 11 is 0. The highest BCUT2D eigenvalue weighted by molar-refractivity contribution is 5.81. The predicted molar refractivity (Wildman–Crippen MR) is 63.3 cm³/mol. The largest absolute Gasteiger partial charge is 0.369 e. The third-order valence-corrected chi connectivity index (χ3v) is 2.93. The molecule has 2 N–H and O–H groups in total. The van der Waals surface area contributed by atoms with Crippen LogP contribution in [-0.4, -0.2) is 25.4 Å². The number of nitrogens with two attached hydrogens (primary N) is 1. The van der Waals surface area contributed by atoms with Crippen molar-refractivity contribution in [3.8, 4) is 0 Å². The molecule has 0 radical (unpaired) electrons. The summed E-state index contributed by atoms with van der Waals surface area (Å²) in [6, 6.07) is 9.59. The molecule has 1 aromatic rings. The Morgan fingerprint density at radius 1 is 1.29 bits per heavy atom. The van der Waals surface area contributed by atoms with Gasteiger partial charge in [0.1, 0.15) is 0 Å². The van der Waals surface area contributed by atoms with Crippen molar-refractivity contribution in [1.82, 2.24) is 0 Å². The summed E-state index contributed by atoms with van der Waals surface area (Å²) < 4.78 is 10.7. The molecule has 1 unspecified atom stereocenters. The van der Waals surface area contributed by atoms with Crippen LogP contribution in [0.25, 0.3) is 0 Å². The van der Waals surface area contributed by atoms with Gasteiger partial charge in [0.25, 0.3) is 0 Å². The average molecular weight is 235 g/mol. The molecule has 1 aliphatic rings. The van der Waals surface area contributed by atoms with Gasteiger partial charge >= 0.3 is 0 Å². The van der Waals surface area contributed by atoms with Gasteiger partial charge in [0.05, 0.1) is 19.1 Å². The average Bonchev–Trinajstić information content (AvgIpc) is 2.83. The number of benzene rings is 1. The van der Waals surface area contributed by atoms with Crippen molar-refractivity contribution in [2.75, 3.05) is 13.2 Å². The van der Waals surface area contributed by atoms with Crippen LogP contribution in [0.3, 0.4) is 0 Å². The van der Waals surface area contributed by atoms with Crippen LogP contribution in [0, 0.1) is 0 Å². The molecule has 0 aliphatic carbocycles. The van der Waals surface area contributed by atoms with Crippen molar-refractivity contribution in [1.29, 1.82) is 0 Å². The SMILES string of the molecule is NC(=O)C(CCC1OCCO1)c1ccccc1. The number of hydrogen-bond donors (Lipinski definition) is 1. The molecule has 4 nitrogen and oxygen atoms in total. The first-order valence-electron chi connectivity index (χ1n) is 5.85.